The van der Waals surface area contributed by atoms with Crippen molar-refractivity contribution in [2.45, 2.75) is 6.54 Å². The Bertz CT molecular complexity index is 818. The number of piperazine rings is 1. The Morgan fingerprint density at radius 2 is 1.84 bits per heavy atom. The van der Waals surface area contributed by atoms with Gasteiger partial charge in [0.05, 0.1) is 18.1 Å². The lowest BCUT2D eigenvalue weighted by molar-refractivity contribution is 0.0598. The van der Waals surface area contributed by atoms with E-state index in [4.69, 9.17) is 4.42 Å². The molecule has 0 N–H and O–H groups in total. The second-order valence-electron chi connectivity index (χ2n) is 6.17. The Hall–Kier alpha value is -2.86. The van der Waals surface area contributed by atoms with E-state index >= 15 is 0 Å². The van der Waals surface area contributed by atoms with Gasteiger partial charge in [0, 0.05) is 44.5 Å². The molecule has 0 unspecified atom stereocenters. The van der Waals surface area contributed by atoms with Gasteiger partial charge in [0.25, 0.3) is 5.91 Å². The molecule has 6 nitrogen and oxygen atoms in total. The van der Waals surface area contributed by atoms with Crippen molar-refractivity contribution in [2.24, 2.45) is 0 Å². The summed E-state index contributed by atoms with van der Waals surface area (Å²) in [5.41, 5.74) is 2.23. The van der Waals surface area contributed by atoms with Gasteiger partial charge in [-0.1, -0.05) is 18.2 Å². The van der Waals surface area contributed by atoms with E-state index in [1.807, 2.05) is 46.1 Å². The summed E-state index contributed by atoms with van der Waals surface area (Å²) < 4.78 is 7.09. The van der Waals surface area contributed by atoms with Crippen LogP contribution in [0.4, 0.5) is 0 Å². The van der Waals surface area contributed by atoms with Crippen LogP contribution in [0.1, 0.15) is 16.1 Å². The predicted octanol–water partition coefficient (Wildman–Crippen LogP) is 2.42. The van der Waals surface area contributed by atoms with Crippen LogP contribution in [0.15, 0.2) is 65.5 Å². The van der Waals surface area contributed by atoms with Gasteiger partial charge in [-0.05, 0) is 24.3 Å². The highest BCUT2D eigenvalue weighted by Crippen LogP contribution is 2.13. The molecule has 0 bridgehead atoms. The van der Waals surface area contributed by atoms with Crippen LogP contribution in [-0.2, 0) is 6.54 Å². The molecule has 0 spiro atoms. The summed E-state index contributed by atoms with van der Waals surface area (Å²) in [6, 6.07) is 13.5. The number of rotatable bonds is 4. The molecule has 3 heterocycles. The van der Waals surface area contributed by atoms with E-state index in [0.29, 0.717) is 18.8 Å². The first kappa shape index (κ1) is 15.7. The van der Waals surface area contributed by atoms with Gasteiger partial charge in [-0.3, -0.25) is 9.69 Å². The summed E-state index contributed by atoms with van der Waals surface area (Å²) >= 11 is 0. The van der Waals surface area contributed by atoms with E-state index in [9.17, 15) is 4.79 Å². The van der Waals surface area contributed by atoms with E-state index in [-0.39, 0.29) is 5.91 Å². The highest BCUT2D eigenvalue weighted by Gasteiger charge is 2.23. The zero-order valence-corrected chi connectivity index (χ0v) is 13.9. The fourth-order valence-electron chi connectivity index (χ4n) is 3.09. The van der Waals surface area contributed by atoms with Crippen molar-refractivity contribution < 1.29 is 9.21 Å². The molecule has 1 saturated heterocycles. The number of hydrogen-bond acceptors (Lipinski definition) is 4. The lowest BCUT2D eigenvalue weighted by atomic mass is 10.2. The first-order valence-electron chi connectivity index (χ1n) is 8.44. The molecule has 128 valence electrons. The van der Waals surface area contributed by atoms with Crippen LogP contribution < -0.4 is 0 Å². The van der Waals surface area contributed by atoms with Crippen LogP contribution in [0, 0.1) is 0 Å². The van der Waals surface area contributed by atoms with Gasteiger partial charge in [-0.15, -0.1) is 0 Å². The maximum absolute atomic E-state index is 12.3. The Morgan fingerprint density at radius 3 is 2.56 bits per heavy atom. The third kappa shape index (κ3) is 3.49. The van der Waals surface area contributed by atoms with E-state index in [1.165, 1.54) is 11.8 Å². The maximum atomic E-state index is 12.3. The fourth-order valence-corrected chi connectivity index (χ4v) is 3.09. The highest BCUT2D eigenvalue weighted by atomic mass is 16.3. The standard InChI is InChI=1S/C19H20N4O2/c24-19(18-7-4-12-25-18)22-10-8-21(9-11-22)14-16-13-20-23(15-16)17-5-2-1-3-6-17/h1-7,12-13,15H,8-11,14H2. The van der Waals surface area contributed by atoms with Crippen LogP contribution in [-0.4, -0.2) is 51.7 Å². The van der Waals surface area contributed by atoms with Crippen molar-refractivity contribution in [2.75, 3.05) is 26.2 Å². The number of amides is 1. The van der Waals surface area contributed by atoms with E-state index < -0.39 is 0 Å². The molecule has 1 amide bonds. The lowest BCUT2D eigenvalue weighted by Crippen LogP contribution is -2.48. The number of furan rings is 1. The quantitative estimate of drug-likeness (QED) is 0.734. The normalized spacial score (nSPS) is 15.4. The molecule has 25 heavy (non-hydrogen) atoms. The minimum atomic E-state index is -0.0263. The van der Waals surface area contributed by atoms with Gasteiger partial charge in [0.2, 0.25) is 0 Å². The number of hydrogen-bond donors (Lipinski definition) is 0. The number of para-hydroxylation sites is 1. The van der Waals surface area contributed by atoms with Gasteiger partial charge in [0.1, 0.15) is 0 Å². The van der Waals surface area contributed by atoms with E-state index in [0.717, 1.165) is 25.3 Å². The summed E-state index contributed by atoms with van der Waals surface area (Å²) in [7, 11) is 0. The molecule has 4 rings (SSSR count). The molecule has 2 aromatic heterocycles. The number of carbonyl (C=O) groups excluding carboxylic acids is 1. The Balaban J connectivity index is 1.33. The Kier molecular flexibility index (Phi) is 4.35. The van der Waals surface area contributed by atoms with Gasteiger partial charge in [-0.25, -0.2) is 4.68 Å². The summed E-state index contributed by atoms with van der Waals surface area (Å²) in [5, 5.41) is 4.44. The average molecular weight is 336 g/mol. The molecule has 3 aromatic rings. The molecule has 0 radical (unpaired) electrons. The molecule has 6 heteroatoms. The number of aromatic nitrogens is 2. The van der Waals surface area contributed by atoms with Crippen molar-refractivity contribution >= 4 is 5.91 Å². The van der Waals surface area contributed by atoms with Gasteiger partial charge < -0.3 is 9.32 Å². The summed E-state index contributed by atoms with van der Waals surface area (Å²) in [6.45, 7) is 3.97. The number of benzene rings is 1. The van der Waals surface area contributed by atoms with Crippen molar-refractivity contribution in [3.63, 3.8) is 0 Å². The zero-order chi connectivity index (χ0) is 17.1. The molecule has 1 aromatic carbocycles. The van der Waals surface area contributed by atoms with Crippen LogP contribution >= 0.6 is 0 Å². The van der Waals surface area contributed by atoms with Crippen LogP contribution in [0.3, 0.4) is 0 Å². The molecule has 1 aliphatic rings. The first-order chi connectivity index (χ1) is 12.3. The predicted molar refractivity (Wildman–Crippen MR) is 93.5 cm³/mol. The maximum Gasteiger partial charge on any atom is 0.289 e. The molecule has 1 aliphatic heterocycles. The number of nitrogens with zero attached hydrogens (tertiary/aromatic N) is 4. The van der Waals surface area contributed by atoms with Gasteiger partial charge in [0.15, 0.2) is 5.76 Å². The molecule has 0 aliphatic carbocycles. The monoisotopic (exact) mass is 336 g/mol. The van der Waals surface area contributed by atoms with Crippen molar-refractivity contribution in [3.8, 4) is 5.69 Å². The third-order valence-corrected chi connectivity index (χ3v) is 4.45. The van der Waals surface area contributed by atoms with E-state index in [1.54, 1.807) is 12.1 Å². The van der Waals surface area contributed by atoms with Crippen molar-refractivity contribution in [1.29, 1.82) is 0 Å². The summed E-state index contributed by atoms with van der Waals surface area (Å²) in [6.07, 6.45) is 5.51. The van der Waals surface area contributed by atoms with Crippen LogP contribution in [0.25, 0.3) is 5.69 Å². The minimum absolute atomic E-state index is 0.0263. The number of carbonyl (C=O) groups is 1. The minimum Gasteiger partial charge on any atom is -0.459 e. The largest absolute Gasteiger partial charge is 0.459 e. The van der Waals surface area contributed by atoms with Gasteiger partial charge >= 0.3 is 0 Å². The van der Waals surface area contributed by atoms with Crippen LogP contribution in [0.5, 0.6) is 0 Å². The molecule has 1 fully saturated rings. The van der Waals surface area contributed by atoms with Crippen LogP contribution in [0.2, 0.25) is 0 Å². The molecule has 0 atom stereocenters. The SMILES string of the molecule is O=C(c1ccco1)N1CCN(Cc2cnn(-c3ccccc3)c2)CC1. The fraction of sp³-hybridized carbons (Fsp3) is 0.263. The molecular weight excluding hydrogens is 316 g/mol. The smallest absolute Gasteiger partial charge is 0.289 e. The molecule has 0 saturated carbocycles. The summed E-state index contributed by atoms with van der Waals surface area (Å²) in [4.78, 5) is 16.5. The zero-order valence-electron chi connectivity index (χ0n) is 13.9. The van der Waals surface area contributed by atoms with Crippen molar-refractivity contribution in [1.82, 2.24) is 19.6 Å². The summed E-state index contributed by atoms with van der Waals surface area (Å²) in [5.74, 6) is 0.388. The topological polar surface area (TPSA) is 54.5 Å². The van der Waals surface area contributed by atoms with Crippen molar-refractivity contribution in [3.05, 3.63) is 72.4 Å². The molecular formula is C19H20N4O2. The Morgan fingerprint density at radius 1 is 1.04 bits per heavy atom. The first-order valence-corrected chi connectivity index (χ1v) is 8.44. The Labute approximate surface area is 146 Å². The lowest BCUT2D eigenvalue weighted by Gasteiger charge is -2.34. The second kappa shape index (κ2) is 6.94. The van der Waals surface area contributed by atoms with E-state index in [2.05, 4.69) is 16.2 Å². The second-order valence-corrected chi connectivity index (χ2v) is 6.17. The highest BCUT2D eigenvalue weighted by molar-refractivity contribution is 5.91. The third-order valence-electron chi connectivity index (χ3n) is 4.45. The van der Waals surface area contributed by atoms with Gasteiger partial charge in [-0.2, -0.15) is 5.10 Å². The average Bonchev–Trinajstić information content (AvgIpc) is 3.35.